The molecular weight excluding hydrogens is 282 g/mol. The maximum absolute atomic E-state index is 5.89. The van der Waals surface area contributed by atoms with Crippen molar-refractivity contribution in [3.63, 3.8) is 0 Å². The summed E-state index contributed by atoms with van der Waals surface area (Å²) in [6.07, 6.45) is 1.79. The molecule has 1 atom stereocenters. The molecule has 0 saturated heterocycles. The van der Waals surface area contributed by atoms with E-state index in [0.29, 0.717) is 17.5 Å². The highest BCUT2D eigenvalue weighted by molar-refractivity contribution is 7.09. The molecule has 0 aliphatic rings. The van der Waals surface area contributed by atoms with Crippen LogP contribution in [-0.4, -0.2) is 15.0 Å². The number of hydrogen-bond donors (Lipinski definition) is 2. The average Bonchev–Trinajstić information content (AvgIpc) is 3.02. The number of nitrogens with two attached hydrogens (primary N) is 1. The number of nitrogens with zero attached hydrogens (tertiary/aromatic N) is 3. The number of thiazole rings is 1. The van der Waals surface area contributed by atoms with Gasteiger partial charge < -0.3 is 11.1 Å². The van der Waals surface area contributed by atoms with Gasteiger partial charge in [0.15, 0.2) is 5.82 Å². The summed E-state index contributed by atoms with van der Waals surface area (Å²) >= 11 is 1.61. The SMILES string of the molecule is CC(Nc1cc(N)nc(-c2ccccc2)n1)c1nccs1. The molecule has 3 aromatic rings. The molecule has 0 amide bonds. The molecule has 21 heavy (non-hydrogen) atoms. The van der Waals surface area contributed by atoms with Crippen LogP contribution in [0.5, 0.6) is 0 Å². The first-order valence-corrected chi connectivity index (χ1v) is 7.46. The summed E-state index contributed by atoms with van der Waals surface area (Å²) < 4.78 is 0. The fourth-order valence-corrected chi connectivity index (χ4v) is 2.63. The standard InChI is InChI=1S/C15H15N5S/c1-10(15-17-7-8-21-15)18-13-9-12(16)19-14(20-13)11-5-3-2-4-6-11/h2-10H,1H3,(H3,16,18,19,20). The van der Waals surface area contributed by atoms with E-state index in [4.69, 9.17) is 5.73 Å². The molecule has 0 fully saturated rings. The number of nitrogen functional groups attached to an aromatic ring is 1. The van der Waals surface area contributed by atoms with Gasteiger partial charge in [0.2, 0.25) is 0 Å². The first-order valence-electron chi connectivity index (χ1n) is 6.58. The van der Waals surface area contributed by atoms with E-state index < -0.39 is 0 Å². The number of aromatic nitrogens is 3. The van der Waals surface area contributed by atoms with Crippen LogP contribution in [0.2, 0.25) is 0 Å². The number of anilines is 2. The average molecular weight is 297 g/mol. The third kappa shape index (κ3) is 3.17. The Labute approximate surface area is 126 Å². The maximum atomic E-state index is 5.89. The zero-order valence-corrected chi connectivity index (χ0v) is 12.3. The Balaban J connectivity index is 1.88. The highest BCUT2D eigenvalue weighted by Crippen LogP contribution is 2.23. The van der Waals surface area contributed by atoms with Crippen molar-refractivity contribution >= 4 is 23.0 Å². The molecule has 0 aliphatic carbocycles. The van der Waals surface area contributed by atoms with E-state index in [1.807, 2.05) is 42.6 Å². The van der Waals surface area contributed by atoms with Gasteiger partial charge in [-0.3, -0.25) is 0 Å². The summed E-state index contributed by atoms with van der Waals surface area (Å²) in [4.78, 5) is 13.1. The van der Waals surface area contributed by atoms with Gasteiger partial charge >= 0.3 is 0 Å². The fourth-order valence-electron chi connectivity index (χ4n) is 1.99. The van der Waals surface area contributed by atoms with Crippen LogP contribution in [-0.2, 0) is 0 Å². The molecule has 5 nitrogen and oxygen atoms in total. The van der Waals surface area contributed by atoms with Crippen molar-refractivity contribution < 1.29 is 0 Å². The van der Waals surface area contributed by atoms with Crippen LogP contribution in [0.15, 0.2) is 48.0 Å². The van der Waals surface area contributed by atoms with E-state index in [2.05, 4.69) is 20.3 Å². The smallest absolute Gasteiger partial charge is 0.163 e. The number of benzene rings is 1. The summed E-state index contributed by atoms with van der Waals surface area (Å²) in [5.41, 5.74) is 6.83. The summed E-state index contributed by atoms with van der Waals surface area (Å²) in [6, 6.07) is 11.6. The Morgan fingerprint density at radius 1 is 1.19 bits per heavy atom. The highest BCUT2D eigenvalue weighted by Gasteiger charge is 2.11. The number of hydrogen-bond acceptors (Lipinski definition) is 6. The molecule has 6 heteroatoms. The first kappa shape index (κ1) is 13.5. The van der Waals surface area contributed by atoms with E-state index in [1.165, 1.54) is 0 Å². The van der Waals surface area contributed by atoms with Gasteiger partial charge in [-0.2, -0.15) is 0 Å². The van der Waals surface area contributed by atoms with Crippen LogP contribution in [0, 0.1) is 0 Å². The van der Waals surface area contributed by atoms with Gasteiger partial charge in [-0.15, -0.1) is 11.3 Å². The second kappa shape index (κ2) is 5.88. The minimum absolute atomic E-state index is 0.0722. The van der Waals surface area contributed by atoms with E-state index in [-0.39, 0.29) is 6.04 Å². The largest absolute Gasteiger partial charge is 0.384 e. The zero-order chi connectivity index (χ0) is 14.7. The van der Waals surface area contributed by atoms with Crippen molar-refractivity contribution in [1.29, 1.82) is 0 Å². The third-order valence-electron chi connectivity index (χ3n) is 2.96. The highest BCUT2D eigenvalue weighted by atomic mass is 32.1. The summed E-state index contributed by atoms with van der Waals surface area (Å²) in [5.74, 6) is 1.76. The molecule has 0 bridgehead atoms. The van der Waals surface area contributed by atoms with Crippen molar-refractivity contribution in [3.8, 4) is 11.4 Å². The van der Waals surface area contributed by atoms with E-state index in [1.54, 1.807) is 23.6 Å². The van der Waals surface area contributed by atoms with Crippen LogP contribution < -0.4 is 11.1 Å². The first-order chi connectivity index (χ1) is 10.2. The lowest BCUT2D eigenvalue weighted by Crippen LogP contribution is -2.09. The van der Waals surface area contributed by atoms with Gasteiger partial charge in [0.1, 0.15) is 16.6 Å². The van der Waals surface area contributed by atoms with Crippen LogP contribution in [0.3, 0.4) is 0 Å². The van der Waals surface area contributed by atoms with Gasteiger partial charge in [-0.05, 0) is 6.92 Å². The Hall–Kier alpha value is -2.47. The second-order valence-corrected chi connectivity index (χ2v) is 5.53. The molecule has 2 heterocycles. The Morgan fingerprint density at radius 3 is 2.71 bits per heavy atom. The van der Waals surface area contributed by atoms with Crippen molar-refractivity contribution in [2.75, 3.05) is 11.1 Å². The molecule has 1 aromatic carbocycles. The molecule has 3 rings (SSSR count). The van der Waals surface area contributed by atoms with Crippen molar-refractivity contribution in [2.45, 2.75) is 13.0 Å². The van der Waals surface area contributed by atoms with Crippen molar-refractivity contribution in [2.24, 2.45) is 0 Å². The molecule has 106 valence electrons. The molecule has 0 aliphatic heterocycles. The predicted octanol–water partition coefficient (Wildman–Crippen LogP) is 3.36. The molecule has 1 unspecified atom stereocenters. The molecule has 0 spiro atoms. The van der Waals surface area contributed by atoms with Gasteiger partial charge in [-0.1, -0.05) is 30.3 Å². The minimum atomic E-state index is 0.0722. The number of nitrogens with one attached hydrogen (secondary N) is 1. The van der Waals surface area contributed by atoms with Crippen molar-refractivity contribution in [3.05, 3.63) is 53.0 Å². The lowest BCUT2D eigenvalue weighted by Gasteiger charge is -2.13. The predicted molar refractivity (Wildman–Crippen MR) is 86.0 cm³/mol. The topological polar surface area (TPSA) is 76.7 Å². The van der Waals surface area contributed by atoms with Crippen LogP contribution >= 0.6 is 11.3 Å². The quantitative estimate of drug-likeness (QED) is 0.772. The minimum Gasteiger partial charge on any atom is -0.384 e. The Kier molecular flexibility index (Phi) is 3.79. The van der Waals surface area contributed by atoms with Crippen molar-refractivity contribution in [1.82, 2.24) is 15.0 Å². The van der Waals surface area contributed by atoms with E-state index in [0.717, 1.165) is 10.6 Å². The molecule has 2 aromatic heterocycles. The van der Waals surface area contributed by atoms with Crippen LogP contribution in [0.1, 0.15) is 18.0 Å². The summed E-state index contributed by atoms with van der Waals surface area (Å²) in [6.45, 7) is 2.04. The molecule has 0 radical (unpaired) electrons. The Bertz CT molecular complexity index is 712. The van der Waals surface area contributed by atoms with Gasteiger partial charge in [0, 0.05) is 23.2 Å². The molecule has 0 saturated carbocycles. The monoisotopic (exact) mass is 297 g/mol. The summed E-state index contributed by atoms with van der Waals surface area (Å²) in [5, 5.41) is 6.28. The van der Waals surface area contributed by atoms with Gasteiger partial charge in [0.25, 0.3) is 0 Å². The lowest BCUT2D eigenvalue weighted by molar-refractivity contribution is 0.859. The maximum Gasteiger partial charge on any atom is 0.163 e. The van der Waals surface area contributed by atoms with E-state index in [9.17, 15) is 0 Å². The Morgan fingerprint density at radius 2 is 2.00 bits per heavy atom. The lowest BCUT2D eigenvalue weighted by atomic mass is 10.2. The van der Waals surface area contributed by atoms with E-state index >= 15 is 0 Å². The third-order valence-corrected chi connectivity index (χ3v) is 3.92. The normalized spacial score (nSPS) is 12.0. The fraction of sp³-hybridized carbons (Fsp3) is 0.133. The van der Waals surface area contributed by atoms with Crippen LogP contribution in [0.25, 0.3) is 11.4 Å². The molecule has 3 N–H and O–H groups in total. The molecular formula is C15H15N5S. The van der Waals surface area contributed by atoms with Gasteiger partial charge in [-0.25, -0.2) is 15.0 Å². The van der Waals surface area contributed by atoms with Gasteiger partial charge in [0.05, 0.1) is 6.04 Å². The zero-order valence-electron chi connectivity index (χ0n) is 11.5. The second-order valence-electron chi connectivity index (χ2n) is 4.60. The summed E-state index contributed by atoms with van der Waals surface area (Å²) in [7, 11) is 0. The van der Waals surface area contributed by atoms with Crippen LogP contribution in [0.4, 0.5) is 11.6 Å². The number of rotatable bonds is 4.